The van der Waals surface area contributed by atoms with Gasteiger partial charge >= 0.3 is 0 Å². The predicted octanol–water partition coefficient (Wildman–Crippen LogP) is 4.21. The van der Waals surface area contributed by atoms with Gasteiger partial charge in [0.1, 0.15) is 4.21 Å². The third-order valence-electron chi connectivity index (χ3n) is 2.94. The van der Waals surface area contributed by atoms with Gasteiger partial charge in [-0.1, -0.05) is 23.7 Å². The number of benzene rings is 1. The molecule has 0 aliphatic rings. The highest BCUT2D eigenvalue weighted by atomic mass is 79.9. The number of thiophene rings is 1. The monoisotopic (exact) mass is 431 g/mol. The van der Waals surface area contributed by atoms with E-state index in [-0.39, 0.29) is 4.21 Å². The minimum Gasteiger partial charge on any atom is -0.279 e. The van der Waals surface area contributed by atoms with Gasteiger partial charge < -0.3 is 0 Å². The minimum absolute atomic E-state index is 0.258. The quantitative estimate of drug-likeness (QED) is 0.657. The fraction of sp³-hybridized carbons (Fsp3) is 0.0714. The number of hydrogen-bond donors (Lipinski definition) is 1. The number of nitrogens with one attached hydrogen (secondary N) is 1. The topological polar surface area (TPSA) is 64.0 Å². The molecule has 0 amide bonds. The molecule has 3 rings (SSSR count). The van der Waals surface area contributed by atoms with Gasteiger partial charge in [0.15, 0.2) is 0 Å². The van der Waals surface area contributed by atoms with E-state index in [1.54, 1.807) is 47.4 Å². The van der Waals surface area contributed by atoms with Crippen LogP contribution in [0.3, 0.4) is 0 Å². The van der Waals surface area contributed by atoms with E-state index in [0.29, 0.717) is 17.3 Å². The van der Waals surface area contributed by atoms with Gasteiger partial charge in [-0.05, 0) is 45.8 Å². The molecule has 23 heavy (non-hydrogen) atoms. The summed E-state index contributed by atoms with van der Waals surface area (Å²) in [5, 5.41) is 4.67. The average Bonchev–Trinajstić information content (AvgIpc) is 3.08. The number of nitrogens with zero attached hydrogens (tertiary/aromatic N) is 2. The largest absolute Gasteiger partial charge is 0.279 e. The molecule has 0 unspecified atom stereocenters. The van der Waals surface area contributed by atoms with E-state index in [1.807, 2.05) is 6.07 Å². The number of sulfonamides is 1. The molecule has 3 aromatic rings. The van der Waals surface area contributed by atoms with Crippen molar-refractivity contribution in [3.8, 4) is 0 Å². The Morgan fingerprint density at radius 3 is 2.78 bits per heavy atom. The summed E-state index contributed by atoms with van der Waals surface area (Å²) in [7, 11) is -3.58. The van der Waals surface area contributed by atoms with Crippen LogP contribution in [0.4, 0.5) is 5.69 Å². The maximum absolute atomic E-state index is 12.3. The van der Waals surface area contributed by atoms with Crippen LogP contribution in [0.2, 0.25) is 5.02 Å². The molecule has 0 spiro atoms. The molecule has 0 radical (unpaired) electrons. The molecular formula is C14H11BrClN3O2S2. The normalized spacial score (nSPS) is 11.6. The summed E-state index contributed by atoms with van der Waals surface area (Å²) in [6.45, 7) is 0.507. The van der Waals surface area contributed by atoms with Gasteiger partial charge in [-0.3, -0.25) is 9.40 Å². The summed E-state index contributed by atoms with van der Waals surface area (Å²) in [5.74, 6) is 0. The molecule has 9 heteroatoms. The molecule has 120 valence electrons. The molecule has 5 nitrogen and oxygen atoms in total. The van der Waals surface area contributed by atoms with Gasteiger partial charge in [0.25, 0.3) is 10.0 Å². The SMILES string of the molecule is O=S(=O)(Nc1cccc(Cn2cc(Cl)cn2)c1)c1ccc(Br)s1. The zero-order valence-electron chi connectivity index (χ0n) is 11.6. The zero-order valence-corrected chi connectivity index (χ0v) is 15.6. The molecule has 0 fully saturated rings. The van der Waals surface area contributed by atoms with Gasteiger partial charge in [-0.2, -0.15) is 5.10 Å². The Hall–Kier alpha value is -1.35. The number of hydrogen-bond acceptors (Lipinski definition) is 4. The van der Waals surface area contributed by atoms with E-state index in [4.69, 9.17) is 11.6 Å². The number of rotatable bonds is 5. The van der Waals surface area contributed by atoms with Crippen molar-refractivity contribution in [2.75, 3.05) is 4.72 Å². The maximum atomic E-state index is 12.3. The summed E-state index contributed by atoms with van der Waals surface area (Å²) in [6, 6.07) is 10.4. The summed E-state index contributed by atoms with van der Waals surface area (Å²) in [6.07, 6.45) is 3.27. The van der Waals surface area contributed by atoms with Crippen molar-refractivity contribution in [3.63, 3.8) is 0 Å². The maximum Gasteiger partial charge on any atom is 0.271 e. The third kappa shape index (κ3) is 4.14. The van der Waals surface area contributed by atoms with E-state index in [2.05, 4.69) is 25.8 Å². The molecule has 0 bridgehead atoms. The van der Waals surface area contributed by atoms with Crippen LogP contribution in [-0.4, -0.2) is 18.2 Å². The van der Waals surface area contributed by atoms with Crippen LogP contribution in [0.1, 0.15) is 5.56 Å². The highest BCUT2D eigenvalue weighted by Crippen LogP contribution is 2.27. The Kier molecular flexibility index (Phi) is 4.77. The predicted molar refractivity (Wildman–Crippen MR) is 95.6 cm³/mol. The van der Waals surface area contributed by atoms with Crippen LogP contribution in [-0.2, 0) is 16.6 Å². The smallest absolute Gasteiger partial charge is 0.271 e. The Labute approximate surface area is 151 Å². The second kappa shape index (κ2) is 6.64. The highest BCUT2D eigenvalue weighted by Gasteiger charge is 2.16. The van der Waals surface area contributed by atoms with Crippen molar-refractivity contribution in [1.29, 1.82) is 0 Å². The summed E-state index contributed by atoms with van der Waals surface area (Å²) in [4.78, 5) is 0. The summed E-state index contributed by atoms with van der Waals surface area (Å²) in [5.41, 5.74) is 1.42. The van der Waals surface area contributed by atoms with Crippen LogP contribution in [0.15, 0.2) is 56.8 Å². The number of halogens is 2. The zero-order chi connectivity index (χ0) is 16.4. The molecule has 2 heterocycles. The van der Waals surface area contributed by atoms with E-state index in [1.165, 1.54) is 0 Å². The van der Waals surface area contributed by atoms with Crippen LogP contribution < -0.4 is 4.72 Å². The highest BCUT2D eigenvalue weighted by molar-refractivity contribution is 9.11. The van der Waals surface area contributed by atoms with Crippen molar-refractivity contribution < 1.29 is 8.42 Å². The van der Waals surface area contributed by atoms with Crippen LogP contribution in [0, 0.1) is 0 Å². The lowest BCUT2D eigenvalue weighted by atomic mass is 10.2. The lowest BCUT2D eigenvalue weighted by Crippen LogP contribution is -2.11. The minimum atomic E-state index is -3.58. The van der Waals surface area contributed by atoms with Gasteiger partial charge in [0.05, 0.1) is 21.6 Å². The van der Waals surface area contributed by atoms with E-state index in [9.17, 15) is 8.42 Å². The molecule has 0 atom stereocenters. The fourth-order valence-electron chi connectivity index (χ4n) is 1.99. The lowest BCUT2D eigenvalue weighted by molar-refractivity contribution is 0.603. The first kappa shape index (κ1) is 16.5. The molecular weight excluding hydrogens is 422 g/mol. The Morgan fingerprint density at radius 2 is 2.13 bits per heavy atom. The summed E-state index contributed by atoms with van der Waals surface area (Å²) >= 11 is 10.3. The number of aromatic nitrogens is 2. The Bertz CT molecular complexity index is 937. The standard InChI is InChI=1S/C14H11BrClN3O2S2/c15-13-4-5-14(22-13)23(20,21)18-12-3-1-2-10(6-12)8-19-9-11(16)7-17-19/h1-7,9,18H,8H2. The van der Waals surface area contributed by atoms with Crippen molar-refractivity contribution in [1.82, 2.24) is 9.78 Å². The first-order valence-corrected chi connectivity index (χ1v) is 9.94. The van der Waals surface area contributed by atoms with Crippen molar-refractivity contribution in [3.05, 3.63) is 63.2 Å². The van der Waals surface area contributed by atoms with E-state index >= 15 is 0 Å². The van der Waals surface area contributed by atoms with E-state index in [0.717, 1.165) is 20.7 Å². The molecule has 0 saturated carbocycles. The third-order valence-corrected chi connectivity index (χ3v) is 6.63. The van der Waals surface area contributed by atoms with Gasteiger partial charge in [0, 0.05) is 11.9 Å². The Balaban J connectivity index is 1.80. The first-order chi connectivity index (χ1) is 10.9. The van der Waals surface area contributed by atoms with E-state index < -0.39 is 10.0 Å². The lowest BCUT2D eigenvalue weighted by Gasteiger charge is -2.08. The average molecular weight is 433 g/mol. The van der Waals surface area contributed by atoms with Crippen molar-refractivity contribution >= 4 is 54.6 Å². The van der Waals surface area contributed by atoms with Crippen LogP contribution >= 0.6 is 38.9 Å². The molecule has 1 N–H and O–H groups in total. The molecule has 1 aromatic carbocycles. The molecule has 0 aliphatic carbocycles. The molecule has 2 aromatic heterocycles. The Morgan fingerprint density at radius 1 is 1.30 bits per heavy atom. The fourth-order valence-corrected chi connectivity index (χ4v) is 5.21. The second-order valence-electron chi connectivity index (χ2n) is 4.72. The summed E-state index contributed by atoms with van der Waals surface area (Å²) < 4.78 is 30.0. The van der Waals surface area contributed by atoms with Gasteiger partial charge in [0.2, 0.25) is 0 Å². The van der Waals surface area contributed by atoms with Crippen molar-refractivity contribution in [2.45, 2.75) is 10.8 Å². The van der Waals surface area contributed by atoms with Crippen LogP contribution in [0.5, 0.6) is 0 Å². The van der Waals surface area contributed by atoms with Crippen LogP contribution in [0.25, 0.3) is 0 Å². The first-order valence-electron chi connectivity index (χ1n) is 6.47. The number of anilines is 1. The van der Waals surface area contributed by atoms with Crippen molar-refractivity contribution in [2.24, 2.45) is 0 Å². The molecule has 0 saturated heterocycles. The van der Waals surface area contributed by atoms with Gasteiger partial charge in [-0.15, -0.1) is 11.3 Å². The molecule has 0 aliphatic heterocycles. The second-order valence-corrected chi connectivity index (χ2v) is 9.53. The van der Waals surface area contributed by atoms with Gasteiger partial charge in [-0.25, -0.2) is 8.42 Å².